The summed E-state index contributed by atoms with van der Waals surface area (Å²) in [6, 6.07) is 3.27. The topological polar surface area (TPSA) is 111 Å². The number of pyridine rings is 1. The standard InChI is InChI=1S/C20H21N5O3/c1-25-11-9-20(28,19(25)27)8-6-13-7-10-21-16(12-13)22-18(26)17-14-4-2-3-5-15(14)23-24-17/h7,10,12,28H,2-5,9,11H2,1H3,(H,23,24)(H,21,22,26)/t20-/m0/s1. The average Bonchev–Trinajstić information content (AvgIpc) is 3.24. The van der Waals surface area contributed by atoms with Crippen LogP contribution >= 0.6 is 0 Å². The summed E-state index contributed by atoms with van der Waals surface area (Å²) >= 11 is 0. The van der Waals surface area contributed by atoms with Crippen LogP contribution in [0.4, 0.5) is 5.82 Å². The molecule has 3 N–H and O–H groups in total. The van der Waals surface area contributed by atoms with Crippen LogP contribution in [0.5, 0.6) is 0 Å². The van der Waals surface area contributed by atoms with Gasteiger partial charge in [-0.25, -0.2) is 4.98 Å². The van der Waals surface area contributed by atoms with Crippen LogP contribution in [0.15, 0.2) is 18.3 Å². The number of H-pyrrole nitrogens is 1. The van der Waals surface area contributed by atoms with Gasteiger partial charge in [0.15, 0.2) is 5.69 Å². The molecule has 0 saturated carbocycles. The maximum Gasteiger partial charge on any atom is 0.277 e. The van der Waals surface area contributed by atoms with Crippen LogP contribution in [0.25, 0.3) is 0 Å². The van der Waals surface area contributed by atoms with Gasteiger partial charge in [0.05, 0.1) is 0 Å². The second kappa shape index (κ2) is 7.09. The Labute approximate surface area is 162 Å². The number of nitrogens with zero attached hydrogens (tertiary/aromatic N) is 3. The molecule has 1 aliphatic carbocycles. The van der Waals surface area contributed by atoms with Crippen LogP contribution in [0.1, 0.15) is 46.6 Å². The third-order valence-electron chi connectivity index (χ3n) is 5.20. The highest BCUT2D eigenvalue weighted by molar-refractivity contribution is 6.03. The highest BCUT2D eigenvalue weighted by Gasteiger charge is 2.42. The summed E-state index contributed by atoms with van der Waals surface area (Å²) in [6.45, 7) is 0.468. The fourth-order valence-electron chi connectivity index (χ4n) is 3.57. The van der Waals surface area contributed by atoms with E-state index in [1.165, 1.54) is 11.1 Å². The molecule has 1 saturated heterocycles. The Morgan fingerprint density at radius 3 is 3.00 bits per heavy atom. The van der Waals surface area contributed by atoms with Crippen molar-refractivity contribution in [2.45, 2.75) is 37.7 Å². The second-order valence-electron chi connectivity index (χ2n) is 7.21. The van der Waals surface area contributed by atoms with Gasteiger partial charge in [0.1, 0.15) is 5.82 Å². The summed E-state index contributed by atoms with van der Waals surface area (Å²) in [5.74, 6) is 5.10. The van der Waals surface area contributed by atoms with Crippen molar-refractivity contribution in [1.82, 2.24) is 20.1 Å². The molecule has 0 unspecified atom stereocenters. The van der Waals surface area contributed by atoms with Crippen LogP contribution < -0.4 is 5.32 Å². The van der Waals surface area contributed by atoms with Crippen molar-refractivity contribution < 1.29 is 14.7 Å². The van der Waals surface area contributed by atoms with Gasteiger partial charge in [-0.05, 0) is 37.8 Å². The van der Waals surface area contributed by atoms with Crippen molar-refractivity contribution in [2.75, 3.05) is 18.9 Å². The Hall–Kier alpha value is -3.18. The number of likely N-dealkylation sites (N-methyl/N-ethyl adjacent to an activating group) is 1. The minimum absolute atomic E-state index is 0.272. The molecule has 0 bridgehead atoms. The van der Waals surface area contributed by atoms with Crippen molar-refractivity contribution in [3.05, 3.63) is 40.8 Å². The van der Waals surface area contributed by atoms with E-state index in [1.807, 2.05) is 0 Å². The van der Waals surface area contributed by atoms with E-state index in [-0.39, 0.29) is 12.3 Å². The number of aromatic nitrogens is 3. The van der Waals surface area contributed by atoms with Gasteiger partial charge in [0.25, 0.3) is 11.8 Å². The van der Waals surface area contributed by atoms with Crippen molar-refractivity contribution in [3.8, 4) is 11.8 Å². The third-order valence-corrected chi connectivity index (χ3v) is 5.20. The quantitative estimate of drug-likeness (QED) is 0.671. The van der Waals surface area contributed by atoms with Gasteiger partial charge in [-0.2, -0.15) is 5.10 Å². The van der Waals surface area contributed by atoms with Crippen molar-refractivity contribution >= 4 is 17.6 Å². The van der Waals surface area contributed by atoms with E-state index < -0.39 is 11.5 Å². The lowest BCUT2D eigenvalue weighted by molar-refractivity contribution is -0.137. The summed E-state index contributed by atoms with van der Waals surface area (Å²) in [5, 5.41) is 20.2. The fourth-order valence-corrected chi connectivity index (χ4v) is 3.57. The lowest BCUT2D eigenvalue weighted by atomic mass is 9.96. The first kappa shape index (κ1) is 18.2. The number of hydrogen-bond acceptors (Lipinski definition) is 5. The predicted molar refractivity (Wildman–Crippen MR) is 102 cm³/mol. The van der Waals surface area contributed by atoms with Gasteiger partial charge in [-0.15, -0.1) is 0 Å². The molecule has 1 aliphatic heterocycles. The van der Waals surface area contributed by atoms with Crippen LogP contribution in [-0.2, 0) is 17.6 Å². The largest absolute Gasteiger partial charge is 0.369 e. The lowest BCUT2D eigenvalue weighted by Crippen LogP contribution is -2.37. The smallest absolute Gasteiger partial charge is 0.277 e. The van der Waals surface area contributed by atoms with E-state index in [0.717, 1.165) is 36.9 Å². The van der Waals surface area contributed by atoms with E-state index >= 15 is 0 Å². The molecule has 2 aliphatic rings. The van der Waals surface area contributed by atoms with Crippen LogP contribution in [-0.4, -0.2) is 56.2 Å². The average molecular weight is 379 g/mol. The molecular formula is C20H21N5O3. The summed E-state index contributed by atoms with van der Waals surface area (Å²) in [4.78, 5) is 30.2. The van der Waals surface area contributed by atoms with E-state index in [9.17, 15) is 14.7 Å². The number of carbonyl (C=O) groups is 2. The number of hydrogen-bond donors (Lipinski definition) is 3. The summed E-state index contributed by atoms with van der Waals surface area (Å²) < 4.78 is 0. The number of anilines is 1. The molecule has 28 heavy (non-hydrogen) atoms. The first-order valence-corrected chi connectivity index (χ1v) is 9.31. The van der Waals surface area contributed by atoms with E-state index in [0.29, 0.717) is 23.6 Å². The monoisotopic (exact) mass is 379 g/mol. The number of fused-ring (bicyclic) bond motifs is 1. The Bertz CT molecular complexity index is 1000. The zero-order valence-corrected chi connectivity index (χ0v) is 15.6. The molecule has 1 fully saturated rings. The third kappa shape index (κ3) is 3.37. The Kier molecular flexibility index (Phi) is 4.61. The van der Waals surface area contributed by atoms with Crippen molar-refractivity contribution in [1.29, 1.82) is 0 Å². The van der Waals surface area contributed by atoms with Gasteiger partial charge >= 0.3 is 0 Å². The molecule has 0 spiro atoms. The molecule has 4 rings (SSSR count). The minimum atomic E-state index is -1.66. The summed E-state index contributed by atoms with van der Waals surface area (Å²) in [5.41, 5.74) is 1.30. The molecule has 8 nitrogen and oxygen atoms in total. The maximum absolute atomic E-state index is 12.6. The highest BCUT2D eigenvalue weighted by Crippen LogP contribution is 2.23. The van der Waals surface area contributed by atoms with Gasteiger partial charge in [-0.3, -0.25) is 14.7 Å². The molecule has 3 heterocycles. The number of aliphatic hydroxyl groups is 1. The molecule has 144 valence electrons. The van der Waals surface area contributed by atoms with Crippen molar-refractivity contribution in [2.24, 2.45) is 0 Å². The highest BCUT2D eigenvalue weighted by atomic mass is 16.3. The lowest BCUT2D eigenvalue weighted by Gasteiger charge is -2.13. The Morgan fingerprint density at radius 1 is 1.39 bits per heavy atom. The number of rotatable bonds is 2. The molecule has 2 amide bonds. The first-order chi connectivity index (χ1) is 13.5. The van der Waals surface area contributed by atoms with Crippen molar-refractivity contribution in [3.63, 3.8) is 0 Å². The fraction of sp³-hybridized carbons (Fsp3) is 0.400. The Balaban J connectivity index is 1.51. The molecule has 2 aromatic rings. The normalized spacial score (nSPS) is 21.1. The van der Waals surface area contributed by atoms with E-state index in [1.54, 1.807) is 19.2 Å². The molecule has 8 heteroatoms. The SMILES string of the molecule is CN1CC[C@@](O)(C#Cc2ccnc(NC(=O)c3n[nH]c4c3CCCC4)c2)C1=O. The van der Waals surface area contributed by atoms with Gasteiger partial charge < -0.3 is 15.3 Å². The zero-order valence-electron chi connectivity index (χ0n) is 15.6. The van der Waals surface area contributed by atoms with Crippen LogP contribution in [0.2, 0.25) is 0 Å². The number of aromatic amines is 1. The van der Waals surface area contributed by atoms with E-state index in [4.69, 9.17) is 0 Å². The van der Waals surface area contributed by atoms with Crippen LogP contribution in [0.3, 0.4) is 0 Å². The maximum atomic E-state index is 12.6. The summed E-state index contributed by atoms with van der Waals surface area (Å²) in [6.07, 6.45) is 5.70. The molecule has 2 aromatic heterocycles. The van der Waals surface area contributed by atoms with Gasteiger partial charge in [0.2, 0.25) is 5.60 Å². The first-order valence-electron chi connectivity index (χ1n) is 9.31. The number of carbonyl (C=O) groups excluding carboxylic acids is 2. The molecule has 0 radical (unpaired) electrons. The molecule has 0 aromatic carbocycles. The number of amides is 2. The second-order valence-corrected chi connectivity index (χ2v) is 7.21. The zero-order chi connectivity index (χ0) is 19.7. The van der Waals surface area contributed by atoms with Crippen LogP contribution in [0, 0.1) is 11.8 Å². The van der Waals surface area contributed by atoms with Gasteiger partial charge in [-0.1, -0.05) is 11.8 Å². The van der Waals surface area contributed by atoms with E-state index in [2.05, 4.69) is 32.3 Å². The molecule has 1 atom stereocenters. The number of likely N-dealkylation sites (tertiary alicyclic amines) is 1. The predicted octanol–water partition coefficient (Wildman–Crippen LogP) is 0.880. The number of aryl methyl sites for hydroxylation is 1. The molecular weight excluding hydrogens is 358 g/mol. The summed E-state index contributed by atoms with van der Waals surface area (Å²) in [7, 11) is 1.63. The van der Waals surface area contributed by atoms with Gasteiger partial charge in [0, 0.05) is 43.0 Å². The Morgan fingerprint density at radius 2 is 2.21 bits per heavy atom. The number of nitrogens with one attached hydrogen (secondary N) is 2. The minimum Gasteiger partial charge on any atom is -0.369 e.